The van der Waals surface area contributed by atoms with Crippen molar-refractivity contribution in [3.05, 3.63) is 71.3 Å². The van der Waals surface area contributed by atoms with Gasteiger partial charge >= 0.3 is 6.09 Å². The zero-order valence-corrected chi connectivity index (χ0v) is 25.7. The normalized spacial score (nSPS) is 13.2. The zero-order valence-electron chi connectivity index (χ0n) is 25.7. The van der Waals surface area contributed by atoms with E-state index in [4.69, 9.17) is 4.74 Å². The van der Waals surface area contributed by atoms with Crippen LogP contribution in [-0.4, -0.2) is 46.5 Å². The Balaban J connectivity index is 2.61. The highest BCUT2D eigenvalue weighted by Gasteiger charge is 2.43. The number of rotatable bonds is 13. The monoisotopic (exact) mass is 551 g/mol. The van der Waals surface area contributed by atoms with Gasteiger partial charge in [-0.2, -0.15) is 0 Å². The predicted octanol–water partition coefficient (Wildman–Crippen LogP) is 6.50. The van der Waals surface area contributed by atoms with Crippen molar-refractivity contribution in [1.82, 2.24) is 15.5 Å². The van der Waals surface area contributed by atoms with Gasteiger partial charge in [0.1, 0.15) is 17.7 Å². The Morgan fingerprint density at radius 3 is 2.10 bits per heavy atom. The summed E-state index contributed by atoms with van der Waals surface area (Å²) in [5.41, 5.74) is 1.15. The second-order valence-corrected chi connectivity index (χ2v) is 12.0. The Hall–Kier alpha value is -3.35. The fourth-order valence-electron chi connectivity index (χ4n) is 4.59. The molecule has 0 fully saturated rings. The summed E-state index contributed by atoms with van der Waals surface area (Å²) in [5, 5.41) is 5.92. The molecular formula is C33H49N3O4. The van der Waals surface area contributed by atoms with E-state index >= 15 is 0 Å². The van der Waals surface area contributed by atoms with E-state index in [0.717, 1.165) is 36.0 Å². The Morgan fingerprint density at radius 1 is 0.900 bits per heavy atom. The molecule has 0 aromatic heterocycles. The summed E-state index contributed by atoms with van der Waals surface area (Å²) < 4.78 is 5.54. The average Bonchev–Trinajstić information content (AvgIpc) is 2.89. The third kappa shape index (κ3) is 9.68. The number of unbranched alkanes of at least 4 members (excludes halogenated alkanes) is 2. The molecule has 2 unspecified atom stereocenters. The van der Waals surface area contributed by atoms with Crippen molar-refractivity contribution in [3.8, 4) is 0 Å². The molecule has 0 saturated heterocycles. The quantitative estimate of drug-likeness (QED) is 0.278. The van der Waals surface area contributed by atoms with Crippen LogP contribution < -0.4 is 10.6 Å². The topological polar surface area (TPSA) is 87.7 Å². The summed E-state index contributed by atoms with van der Waals surface area (Å²) in [7, 11) is 0. The minimum absolute atomic E-state index is 0.226. The number of ether oxygens (including phenoxy) is 1. The highest BCUT2D eigenvalue weighted by molar-refractivity contribution is 5.93. The minimum atomic E-state index is -0.942. The fraction of sp³-hybridized carbons (Fsp3) is 0.545. The van der Waals surface area contributed by atoms with Crippen LogP contribution in [0.4, 0.5) is 4.79 Å². The molecule has 2 aromatic rings. The number of hydrogen-bond acceptors (Lipinski definition) is 4. The molecule has 2 aromatic carbocycles. The molecule has 0 aliphatic heterocycles. The molecule has 7 heteroatoms. The maximum Gasteiger partial charge on any atom is 0.408 e. The lowest BCUT2D eigenvalue weighted by Crippen LogP contribution is -2.60. The molecule has 3 amide bonds. The Kier molecular flexibility index (Phi) is 12.2. The van der Waals surface area contributed by atoms with Crippen LogP contribution in [0, 0.1) is 6.92 Å². The Morgan fingerprint density at radius 2 is 1.52 bits per heavy atom. The first-order valence-electron chi connectivity index (χ1n) is 14.5. The summed E-state index contributed by atoms with van der Waals surface area (Å²) in [6.45, 7) is 15.9. The van der Waals surface area contributed by atoms with E-state index in [2.05, 4.69) is 17.6 Å². The van der Waals surface area contributed by atoms with Crippen molar-refractivity contribution >= 4 is 17.9 Å². The smallest absolute Gasteiger partial charge is 0.408 e. The van der Waals surface area contributed by atoms with Crippen molar-refractivity contribution < 1.29 is 19.1 Å². The van der Waals surface area contributed by atoms with Crippen LogP contribution in [0.1, 0.15) is 96.9 Å². The van der Waals surface area contributed by atoms with Gasteiger partial charge in [-0.3, -0.25) is 9.59 Å². The second-order valence-electron chi connectivity index (χ2n) is 12.0. The largest absolute Gasteiger partial charge is 0.444 e. The van der Waals surface area contributed by atoms with Crippen LogP contribution in [0.2, 0.25) is 0 Å². The fourth-order valence-corrected chi connectivity index (χ4v) is 4.59. The van der Waals surface area contributed by atoms with Crippen LogP contribution in [0.15, 0.2) is 54.6 Å². The Labute approximate surface area is 241 Å². The van der Waals surface area contributed by atoms with Gasteiger partial charge in [0.2, 0.25) is 11.8 Å². The maximum atomic E-state index is 14.6. The van der Waals surface area contributed by atoms with Gasteiger partial charge in [-0.05, 0) is 71.1 Å². The van der Waals surface area contributed by atoms with E-state index in [1.807, 2.05) is 82.3 Å². The van der Waals surface area contributed by atoms with E-state index in [0.29, 0.717) is 13.0 Å². The maximum absolute atomic E-state index is 14.6. The van der Waals surface area contributed by atoms with Gasteiger partial charge in [-0.1, -0.05) is 81.3 Å². The van der Waals surface area contributed by atoms with E-state index in [-0.39, 0.29) is 18.2 Å². The van der Waals surface area contributed by atoms with Crippen LogP contribution in [0.25, 0.3) is 0 Å². The number of aryl methyl sites for hydroxylation is 1. The third-order valence-electron chi connectivity index (χ3n) is 7.10. The highest BCUT2D eigenvalue weighted by atomic mass is 16.6. The molecule has 2 atom stereocenters. The van der Waals surface area contributed by atoms with Crippen LogP contribution in [-0.2, 0) is 20.7 Å². The molecule has 0 aliphatic rings. The predicted molar refractivity (Wildman–Crippen MR) is 161 cm³/mol. The Bertz CT molecular complexity index is 1110. The van der Waals surface area contributed by atoms with E-state index < -0.39 is 29.3 Å². The lowest BCUT2D eigenvalue weighted by molar-refractivity contribution is -0.149. The zero-order chi connectivity index (χ0) is 29.9. The first kappa shape index (κ1) is 32.9. The first-order valence-corrected chi connectivity index (χ1v) is 14.5. The molecule has 0 radical (unpaired) electrons. The van der Waals surface area contributed by atoms with Gasteiger partial charge in [0.15, 0.2) is 0 Å². The van der Waals surface area contributed by atoms with Gasteiger partial charge < -0.3 is 20.3 Å². The second kappa shape index (κ2) is 14.9. The lowest BCUT2D eigenvalue weighted by atomic mass is 9.89. The molecule has 0 spiro atoms. The molecule has 2 N–H and O–H groups in total. The number of amides is 3. The standard InChI is InChI=1S/C33H49N3O4/c1-9-11-17-22-34-29(37)28(26-21-16-15-18-24(26)3)36(33(7,8)10-2)30(38)27(23-25-19-13-12-14-20-25)35-31(39)40-32(4,5)6/h12-16,18-21,27-28H,9-11,17,22-23H2,1-8H3,(H,34,37)(H,35,39). The van der Waals surface area contributed by atoms with E-state index in [1.54, 1.807) is 25.7 Å². The number of carbonyl (C=O) groups is 3. The molecule has 7 nitrogen and oxygen atoms in total. The molecular weight excluding hydrogens is 502 g/mol. The number of carbonyl (C=O) groups excluding carboxylic acids is 3. The SMILES string of the molecule is CCCCCNC(=O)C(c1ccccc1C)N(C(=O)C(Cc1ccccc1)NC(=O)OC(C)(C)C)C(C)(C)CC. The third-order valence-corrected chi connectivity index (χ3v) is 7.10. The molecule has 0 aliphatic carbocycles. The van der Waals surface area contributed by atoms with Gasteiger partial charge in [-0.25, -0.2) is 4.79 Å². The molecule has 0 bridgehead atoms. The van der Waals surface area contributed by atoms with E-state index in [9.17, 15) is 14.4 Å². The average molecular weight is 552 g/mol. The summed E-state index contributed by atoms with van der Waals surface area (Å²) in [5.74, 6) is -0.561. The minimum Gasteiger partial charge on any atom is -0.444 e. The van der Waals surface area contributed by atoms with Crippen molar-refractivity contribution in [1.29, 1.82) is 0 Å². The van der Waals surface area contributed by atoms with Crippen LogP contribution >= 0.6 is 0 Å². The molecule has 0 saturated carbocycles. The van der Waals surface area contributed by atoms with E-state index in [1.165, 1.54) is 0 Å². The van der Waals surface area contributed by atoms with Gasteiger partial charge in [0, 0.05) is 18.5 Å². The van der Waals surface area contributed by atoms with Gasteiger partial charge in [0.05, 0.1) is 0 Å². The summed E-state index contributed by atoms with van der Waals surface area (Å²) in [6, 6.07) is 15.4. The van der Waals surface area contributed by atoms with Crippen LogP contribution in [0.3, 0.4) is 0 Å². The van der Waals surface area contributed by atoms with Gasteiger partial charge in [-0.15, -0.1) is 0 Å². The summed E-state index contributed by atoms with van der Waals surface area (Å²) in [6.07, 6.45) is 3.11. The van der Waals surface area contributed by atoms with Crippen molar-refractivity contribution in [3.63, 3.8) is 0 Å². The van der Waals surface area contributed by atoms with Crippen LogP contribution in [0.5, 0.6) is 0 Å². The number of alkyl carbamates (subject to hydrolysis) is 1. The summed E-state index contributed by atoms with van der Waals surface area (Å²) >= 11 is 0. The number of nitrogens with zero attached hydrogens (tertiary/aromatic N) is 1. The first-order chi connectivity index (χ1) is 18.8. The van der Waals surface area contributed by atoms with Gasteiger partial charge in [0.25, 0.3) is 0 Å². The molecule has 2 rings (SSSR count). The number of nitrogens with one attached hydrogen (secondary N) is 2. The summed E-state index contributed by atoms with van der Waals surface area (Å²) in [4.78, 5) is 43.2. The van der Waals surface area contributed by atoms with Crippen molar-refractivity contribution in [2.45, 2.75) is 111 Å². The highest BCUT2D eigenvalue weighted by Crippen LogP contribution is 2.34. The lowest BCUT2D eigenvalue weighted by Gasteiger charge is -2.45. The number of hydrogen-bond donors (Lipinski definition) is 2. The number of benzene rings is 2. The van der Waals surface area contributed by atoms with Crippen molar-refractivity contribution in [2.75, 3.05) is 6.54 Å². The van der Waals surface area contributed by atoms with Crippen molar-refractivity contribution in [2.24, 2.45) is 0 Å². The molecule has 220 valence electrons. The molecule has 40 heavy (non-hydrogen) atoms. The molecule has 0 heterocycles.